The Labute approximate surface area is 166 Å². The summed E-state index contributed by atoms with van der Waals surface area (Å²) in [5.74, 6) is -0.285. The Hall–Kier alpha value is -2.88. The number of hydrogen-bond donors (Lipinski definition) is 0. The molecule has 2 amide bonds. The molecule has 4 heteroatoms. The molecule has 1 fully saturated rings. The maximum atomic E-state index is 13.4. The smallest absolute Gasteiger partial charge is 0.278 e. The predicted molar refractivity (Wildman–Crippen MR) is 110 cm³/mol. The number of likely N-dealkylation sites (N-methyl/N-ethyl adjacent to an activating group) is 1. The summed E-state index contributed by atoms with van der Waals surface area (Å²) in [6.07, 6.45) is 5.17. The molecule has 0 bridgehead atoms. The van der Waals surface area contributed by atoms with Crippen LogP contribution in [0.5, 0.6) is 0 Å². The normalized spacial score (nSPS) is 18.1. The molecule has 1 aliphatic carbocycles. The lowest BCUT2D eigenvalue weighted by molar-refractivity contribution is -0.140. The van der Waals surface area contributed by atoms with E-state index in [0.717, 1.165) is 36.8 Å². The SMILES string of the molecule is CN(Cc1ccccc1)C1=C(c2ccccc2)C(=O)N(C2CCCCC2)C1=O. The standard InChI is InChI=1S/C24H26N2O2/c1-25(17-18-11-5-2-6-12-18)22-21(19-13-7-3-8-14-19)23(27)26(24(22)28)20-15-9-4-10-16-20/h2-3,5-8,11-14,20H,4,9-10,15-17H2,1H3. The zero-order valence-corrected chi connectivity index (χ0v) is 16.3. The Kier molecular flexibility index (Phi) is 5.29. The highest BCUT2D eigenvalue weighted by molar-refractivity contribution is 6.35. The van der Waals surface area contributed by atoms with Crippen molar-refractivity contribution >= 4 is 17.4 Å². The van der Waals surface area contributed by atoms with Gasteiger partial charge in [-0.05, 0) is 24.0 Å². The van der Waals surface area contributed by atoms with Crippen LogP contribution in [0.2, 0.25) is 0 Å². The van der Waals surface area contributed by atoms with Gasteiger partial charge in [0.15, 0.2) is 0 Å². The molecule has 0 radical (unpaired) electrons. The summed E-state index contributed by atoms with van der Waals surface area (Å²) in [5, 5.41) is 0. The van der Waals surface area contributed by atoms with E-state index in [0.29, 0.717) is 17.8 Å². The van der Waals surface area contributed by atoms with E-state index in [2.05, 4.69) is 0 Å². The topological polar surface area (TPSA) is 40.6 Å². The van der Waals surface area contributed by atoms with Crippen LogP contribution in [0.25, 0.3) is 5.57 Å². The molecule has 2 aliphatic rings. The van der Waals surface area contributed by atoms with Gasteiger partial charge in [0.1, 0.15) is 5.70 Å². The van der Waals surface area contributed by atoms with Gasteiger partial charge < -0.3 is 4.90 Å². The lowest BCUT2D eigenvalue weighted by Gasteiger charge is -2.30. The number of rotatable bonds is 5. The molecule has 2 aromatic rings. The largest absolute Gasteiger partial charge is 0.365 e. The first-order chi connectivity index (χ1) is 13.7. The van der Waals surface area contributed by atoms with Gasteiger partial charge >= 0.3 is 0 Å². The van der Waals surface area contributed by atoms with Gasteiger partial charge in [-0.1, -0.05) is 79.9 Å². The molecule has 144 valence electrons. The molecule has 0 N–H and O–H groups in total. The molecular weight excluding hydrogens is 348 g/mol. The van der Waals surface area contributed by atoms with Gasteiger partial charge in [-0.2, -0.15) is 0 Å². The van der Waals surface area contributed by atoms with E-state index < -0.39 is 0 Å². The number of hydrogen-bond acceptors (Lipinski definition) is 3. The van der Waals surface area contributed by atoms with Crippen molar-refractivity contribution in [1.82, 2.24) is 9.80 Å². The zero-order chi connectivity index (χ0) is 19.5. The highest BCUT2D eigenvalue weighted by atomic mass is 16.2. The number of carbonyl (C=O) groups is 2. The molecule has 0 saturated heterocycles. The number of amides is 2. The fourth-order valence-corrected chi connectivity index (χ4v) is 4.36. The highest BCUT2D eigenvalue weighted by Crippen LogP contribution is 2.36. The van der Waals surface area contributed by atoms with Crippen molar-refractivity contribution in [3.8, 4) is 0 Å². The van der Waals surface area contributed by atoms with Gasteiger partial charge in [-0.25, -0.2) is 0 Å². The van der Waals surface area contributed by atoms with Gasteiger partial charge in [-0.3, -0.25) is 14.5 Å². The second-order valence-electron chi connectivity index (χ2n) is 7.70. The van der Waals surface area contributed by atoms with Crippen LogP contribution in [0.3, 0.4) is 0 Å². The Morgan fingerprint density at radius 2 is 1.46 bits per heavy atom. The van der Waals surface area contributed by atoms with Crippen molar-refractivity contribution in [2.45, 2.75) is 44.7 Å². The fourth-order valence-electron chi connectivity index (χ4n) is 4.36. The summed E-state index contributed by atoms with van der Waals surface area (Å²) in [5.41, 5.74) is 2.98. The van der Waals surface area contributed by atoms with Gasteiger partial charge in [0.2, 0.25) is 0 Å². The molecule has 4 nitrogen and oxygen atoms in total. The molecular formula is C24H26N2O2. The number of carbonyl (C=O) groups excluding carboxylic acids is 2. The third kappa shape index (κ3) is 3.47. The Morgan fingerprint density at radius 1 is 0.857 bits per heavy atom. The van der Waals surface area contributed by atoms with E-state index in [1.807, 2.05) is 72.6 Å². The van der Waals surface area contributed by atoms with Gasteiger partial charge in [-0.15, -0.1) is 0 Å². The average molecular weight is 374 g/mol. The van der Waals surface area contributed by atoms with Crippen LogP contribution in [0.4, 0.5) is 0 Å². The van der Waals surface area contributed by atoms with Crippen molar-refractivity contribution in [2.75, 3.05) is 7.05 Å². The van der Waals surface area contributed by atoms with Crippen LogP contribution in [-0.2, 0) is 16.1 Å². The van der Waals surface area contributed by atoms with E-state index in [9.17, 15) is 9.59 Å². The lowest BCUT2D eigenvalue weighted by atomic mass is 9.94. The fraction of sp³-hybridized carbons (Fsp3) is 0.333. The van der Waals surface area contributed by atoms with Crippen LogP contribution in [0.1, 0.15) is 43.2 Å². The molecule has 0 spiro atoms. The number of imide groups is 1. The predicted octanol–water partition coefficient (Wildman–Crippen LogP) is 4.23. The molecule has 1 heterocycles. The third-order valence-corrected chi connectivity index (χ3v) is 5.74. The van der Waals surface area contributed by atoms with Gasteiger partial charge in [0.25, 0.3) is 11.8 Å². The summed E-state index contributed by atoms with van der Waals surface area (Å²) in [7, 11) is 1.90. The minimum Gasteiger partial charge on any atom is -0.365 e. The summed E-state index contributed by atoms with van der Waals surface area (Å²) < 4.78 is 0. The van der Waals surface area contributed by atoms with Crippen molar-refractivity contribution in [2.24, 2.45) is 0 Å². The van der Waals surface area contributed by atoms with E-state index in [-0.39, 0.29) is 17.9 Å². The lowest BCUT2D eigenvalue weighted by Crippen LogP contribution is -2.43. The van der Waals surface area contributed by atoms with Crippen molar-refractivity contribution in [3.63, 3.8) is 0 Å². The quantitative estimate of drug-likeness (QED) is 0.736. The van der Waals surface area contributed by atoms with Crippen LogP contribution in [0.15, 0.2) is 66.4 Å². The molecule has 28 heavy (non-hydrogen) atoms. The first kappa shape index (κ1) is 18.5. The van der Waals surface area contributed by atoms with Gasteiger partial charge in [0.05, 0.1) is 5.57 Å². The average Bonchev–Trinajstić information content (AvgIpc) is 3.00. The summed E-state index contributed by atoms with van der Waals surface area (Å²) in [6, 6.07) is 19.7. The van der Waals surface area contributed by atoms with Crippen LogP contribution in [0, 0.1) is 0 Å². The third-order valence-electron chi connectivity index (χ3n) is 5.74. The molecule has 0 aromatic heterocycles. The van der Waals surface area contributed by atoms with Crippen molar-refractivity contribution in [3.05, 3.63) is 77.5 Å². The minimum absolute atomic E-state index is 0.0232. The zero-order valence-electron chi connectivity index (χ0n) is 16.3. The first-order valence-corrected chi connectivity index (χ1v) is 10.1. The van der Waals surface area contributed by atoms with E-state index in [1.165, 1.54) is 6.42 Å². The second kappa shape index (κ2) is 8.01. The van der Waals surface area contributed by atoms with Crippen molar-refractivity contribution in [1.29, 1.82) is 0 Å². The Morgan fingerprint density at radius 3 is 2.11 bits per heavy atom. The van der Waals surface area contributed by atoms with E-state index >= 15 is 0 Å². The van der Waals surface area contributed by atoms with E-state index in [4.69, 9.17) is 0 Å². The van der Waals surface area contributed by atoms with Crippen LogP contribution >= 0.6 is 0 Å². The van der Waals surface area contributed by atoms with E-state index in [1.54, 1.807) is 4.90 Å². The van der Waals surface area contributed by atoms with Crippen LogP contribution in [-0.4, -0.2) is 34.7 Å². The maximum Gasteiger partial charge on any atom is 0.278 e. The first-order valence-electron chi connectivity index (χ1n) is 10.1. The summed E-state index contributed by atoms with van der Waals surface area (Å²) in [6.45, 7) is 0.587. The van der Waals surface area contributed by atoms with Crippen molar-refractivity contribution < 1.29 is 9.59 Å². The molecule has 1 aliphatic heterocycles. The monoisotopic (exact) mass is 374 g/mol. The number of nitrogens with zero attached hydrogens (tertiary/aromatic N) is 2. The maximum absolute atomic E-state index is 13.4. The molecule has 4 rings (SSSR count). The summed E-state index contributed by atoms with van der Waals surface area (Å²) in [4.78, 5) is 30.3. The minimum atomic E-state index is -0.144. The number of benzene rings is 2. The molecule has 0 unspecified atom stereocenters. The highest BCUT2D eigenvalue weighted by Gasteiger charge is 2.44. The Balaban J connectivity index is 1.72. The second-order valence-corrected chi connectivity index (χ2v) is 7.70. The summed E-state index contributed by atoms with van der Waals surface area (Å²) >= 11 is 0. The molecule has 1 saturated carbocycles. The molecule has 0 atom stereocenters. The van der Waals surface area contributed by atoms with Gasteiger partial charge in [0, 0.05) is 19.6 Å². The van der Waals surface area contributed by atoms with Crippen LogP contribution < -0.4 is 0 Å². The Bertz CT molecular complexity index is 883. The molecule has 2 aromatic carbocycles.